The van der Waals surface area contributed by atoms with Crippen LogP contribution in [0.5, 0.6) is 0 Å². The number of hydrogen-bond donors (Lipinski definition) is 1. The maximum absolute atomic E-state index is 11.9. The fourth-order valence-corrected chi connectivity index (χ4v) is 1.54. The summed E-state index contributed by atoms with van der Waals surface area (Å²) in [5.74, 6) is -0.996. The van der Waals surface area contributed by atoms with E-state index in [0.717, 1.165) is 0 Å². The SMILES string of the molecule is CCOC(=O)/C(=C/C1C=CC=C1)C(=O)NC(C)C. The highest BCUT2D eigenvalue weighted by Gasteiger charge is 2.21. The third-order valence-corrected chi connectivity index (χ3v) is 2.30. The first-order chi connectivity index (χ1) is 8.54. The van der Waals surface area contributed by atoms with Crippen LogP contribution in [0.1, 0.15) is 20.8 Å². The molecule has 1 rings (SSSR count). The summed E-state index contributed by atoms with van der Waals surface area (Å²) in [6.45, 7) is 5.65. The molecule has 4 nitrogen and oxygen atoms in total. The van der Waals surface area contributed by atoms with Crippen molar-refractivity contribution in [2.45, 2.75) is 26.8 Å². The fraction of sp³-hybridized carbons (Fsp3) is 0.429. The normalized spacial score (nSPS) is 15.2. The molecule has 0 radical (unpaired) electrons. The molecule has 0 bridgehead atoms. The molecule has 0 saturated heterocycles. The molecule has 1 N–H and O–H groups in total. The van der Waals surface area contributed by atoms with E-state index < -0.39 is 11.9 Å². The maximum Gasteiger partial charge on any atom is 0.343 e. The molecular weight excluding hydrogens is 230 g/mol. The number of ether oxygens (including phenoxy) is 1. The van der Waals surface area contributed by atoms with Gasteiger partial charge >= 0.3 is 5.97 Å². The van der Waals surface area contributed by atoms with E-state index in [1.165, 1.54) is 0 Å². The van der Waals surface area contributed by atoms with Crippen LogP contribution >= 0.6 is 0 Å². The Labute approximate surface area is 107 Å². The molecule has 1 aliphatic carbocycles. The van der Waals surface area contributed by atoms with Gasteiger partial charge in [-0.1, -0.05) is 30.4 Å². The summed E-state index contributed by atoms with van der Waals surface area (Å²) in [5, 5.41) is 2.70. The van der Waals surface area contributed by atoms with E-state index in [0.29, 0.717) is 0 Å². The summed E-state index contributed by atoms with van der Waals surface area (Å²) in [7, 11) is 0. The Morgan fingerprint density at radius 3 is 2.44 bits per heavy atom. The average Bonchev–Trinajstić information content (AvgIpc) is 2.77. The molecule has 0 atom stereocenters. The van der Waals surface area contributed by atoms with Crippen molar-refractivity contribution in [3.05, 3.63) is 36.0 Å². The number of amides is 1. The molecule has 0 saturated carbocycles. The van der Waals surface area contributed by atoms with Crippen LogP contribution in [0.25, 0.3) is 0 Å². The van der Waals surface area contributed by atoms with Crippen LogP contribution < -0.4 is 5.32 Å². The summed E-state index contributed by atoms with van der Waals surface area (Å²) in [6.07, 6.45) is 9.19. The highest BCUT2D eigenvalue weighted by Crippen LogP contribution is 2.14. The second-order valence-electron chi connectivity index (χ2n) is 4.28. The average molecular weight is 249 g/mol. The lowest BCUT2D eigenvalue weighted by Gasteiger charge is -2.11. The number of rotatable bonds is 5. The molecule has 0 aromatic rings. The monoisotopic (exact) mass is 249 g/mol. The molecule has 0 unspecified atom stereocenters. The van der Waals surface area contributed by atoms with Gasteiger partial charge in [0.1, 0.15) is 5.57 Å². The first-order valence-electron chi connectivity index (χ1n) is 6.09. The Kier molecular flexibility index (Phi) is 5.36. The third-order valence-electron chi connectivity index (χ3n) is 2.30. The zero-order chi connectivity index (χ0) is 13.5. The minimum Gasteiger partial charge on any atom is -0.462 e. The lowest BCUT2D eigenvalue weighted by Crippen LogP contribution is -2.34. The molecule has 1 aliphatic rings. The molecule has 0 aromatic carbocycles. The Morgan fingerprint density at radius 1 is 1.33 bits per heavy atom. The molecule has 0 spiro atoms. The minimum absolute atomic E-state index is 0.0232. The zero-order valence-electron chi connectivity index (χ0n) is 11.0. The van der Waals surface area contributed by atoms with Gasteiger partial charge in [-0.3, -0.25) is 4.79 Å². The van der Waals surface area contributed by atoms with Gasteiger partial charge in [0.2, 0.25) is 0 Å². The largest absolute Gasteiger partial charge is 0.462 e. The van der Waals surface area contributed by atoms with Crippen molar-refractivity contribution in [3.8, 4) is 0 Å². The van der Waals surface area contributed by atoms with Crippen LogP contribution in [0, 0.1) is 5.92 Å². The van der Waals surface area contributed by atoms with Gasteiger partial charge in [0.05, 0.1) is 6.61 Å². The van der Waals surface area contributed by atoms with E-state index in [9.17, 15) is 9.59 Å². The highest BCUT2D eigenvalue weighted by atomic mass is 16.5. The predicted octanol–water partition coefficient (Wildman–Crippen LogP) is 1.74. The predicted molar refractivity (Wildman–Crippen MR) is 69.8 cm³/mol. The zero-order valence-corrected chi connectivity index (χ0v) is 11.0. The molecule has 1 amide bonds. The molecule has 98 valence electrons. The van der Waals surface area contributed by atoms with Gasteiger partial charge in [-0.05, 0) is 20.8 Å². The molecule has 0 aromatic heterocycles. The molecule has 0 fully saturated rings. The number of carbonyl (C=O) groups excluding carboxylic acids is 2. The van der Waals surface area contributed by atoms with E-state index >= 15 is 0 Å². The van der Waals surface area contributed by atoms with Gasteiger partial charge in [-0.15, -0.1) is 0 Å². The van der Waals surface area contributed by atoms with Gasteiger partial charge in [0.25, 0.3) is 5.91 Å². The van der Waals surface area contributed by atoms with Crippen molar-refractivity contribution in [2.24, 2.45) is 5.92 Å². The summed E-state index contributed by atoms with van der Waals surface area (Å²) < 4.78 is 4.90. The molecular formula is C14H19NO3. The number of hydrogen-bond acceptors (Lipinski definition) is 3. The van der Waals surface area contributed by atoms with Crippen molar-refractivity contribution in [3.63, 3.8) is 0 Å². The molecule has 0 aliphatic heterocycles. The smallest absolute Gasteiger partial charge is 0.343 e. The van der Waals surface area contributed by atoms with Crippen molar-refractivity contribution in [1.82, 2.24) is 5.32 Å². The van der Waals surface area contributed by atoms with Crippen LogP contribution in [0.3, 0.4) is 0 Å². The van der Waals surface area contributed by atoms with Gasteiger partial charge in [-0.25, -0.2) is 4.79 Å². The summed E-state index contributed by atoms with van der Waals surface area (Å²) in [5.41, 5.74) is 0.0618. The van der Waals surface area contributed by atoms with Crippen LogP contribution in [0.4, 0.5) is 0 Å². The third kappa shape index (κ3) is 4.20. The Bertz CT molecular complexity index is 393. The summed E-state index contributed by atoms with van der Waals surface area (Å²) in [6, 6.07) is -0.0232. The first kappa shape index (κ1) is 14.2. The van der Waals surface area contributed by atoms with Gasteiger partial charge in [-0.2, -0.15) is 0 Å². The molecule has 4 heteroatoms. The van der Waals surface area contributed by atoms with Gasteiger partial charge in [0, 0.05) is 12.0 Å². The van der Waals surface area contributed by atoms with Crippen molar-refractivity contribution in [1.29, 1.82) is 0 Å². The second-order valence-corrected chi connectivity index (χ2v) is 4.28. The second kappa shape index (κ2) is 6.79. The van der Waals surface area contributed by atoms with Gasteiger partial charge in [0.15, 0.2) is 0 Å². The van der Waals surface area contributed by atoms with Gasteiger partial charge < -0.3 is 10.1 Å². The van der Waals surface area contributed by atoms with Crippen molar-refractivity contribution >= 4 is 11.9 Å². The lowest BCUT2D eigenvalue weighted by molar-refractivity contribution is -0.140. The fourth-order valence-electron chi connectivity index (χ4n) is 1.54. The standard InChI is InChI=1S/C14H19NO3/c1-4-18-14(17)12(13(16)15-10(2)3)9-11-7-5-6-8-11/h5-11H,4H2,1-3H3,(H,15,16)/b12-9+. The maximum atomic E-state index is 11.9. The topological polar surface area (TPSA) is 55.4 Å². The quantitative estimate of drug-likeness (QED) is 0.349. The van der Waals surface area contributed by atoms with E-state index in [2.05, 4.69) is 5.32 Å². The van der Waals surface area contributed by atoms with Crippen molar-refractivity contribution < 1.29 is 14.3 Å². The Balaban J connectivity index is 2.87. The Morgan fingerprint density at radius 2 is 1.94 bits per heavy atom. The van der Waals surface area contributed by atoms with Crippen LogP contribution in [0.15, 0.2) is 36.0 Å². The highest BCUT2D eigenvalue weighted by molar-refractivity contribution is 6.16. The Hall–Kier alpha value is -1.84. The number of esters is 1. The number of allylic oxidation sites excluding steroid dienone is 5. The van der Waals surface area contributed by atoms with Crippen LogP contribution in [0.2, 0.25) is 0 Å². The minimum atomic E-state index is -0.579. The first-order valence-corrected chi connectivity index (χ1v) is 6.09. The lowest BCUT2D eigenvalue weighted by atomic mass is 10.1. The number of nitrogens with one attached hydrogen (secondary N) is 1. The van der Waals surface area contributed by atoms with E-state index in [-0.39, 0.29) is 24.1 Å². The number of carbonyl (C=O) groups is 2. The summed E-state index contributed by atoms with van der Waals surface area (Å²) in [4.78, 5) is 23.7. The van der Waals surface area contributed by atoms with Crippen LogP contribution in [-0.4, -0.2) is 24.5 Å². The van der Waals surface area contributed by atoms with E-state index in [1.807, 2.05) is 38.2 Å². The van der Waals surface area contributed by atoms with Crippen molar-refractivity contribution in [2.75, 3.05) is 6.61 Å². The van der Waals surface area contributed by atoms with Crippen LogP contribution in [-0.2, 0) is 14.3 Å². The van der Waals surface area contributed by atoms with E-state index in [1.54, 1.807) is 13.0 Å². The molecule has 18 heavy (non-hydrogen) atoms. The van der Waals surface area contributed by atoms with E-state index in [4.69, 9.17) is 4.74 Å². The summed E-state index contributed by atoms with van der Waals surface area (Å²) >= 11 is 0. The molecule has 0 heterocycles.